The minimum Gasteiger partial charge on any atom is -0.393 e. The maximum absolute atomic E-state index is 11.9. The Morgan fingerprint density at radius 2 is 1.95 bits per heavy atom. The number of hydrogen-bond donors (Lipinski definition) is 2. The highest BCUT2D eigenvalue weighted by Gasteiger charge is 2.16. The molecule has 1 atom stereocenters. The van der Waals surface area contributed by atoms with Crippen LogP contribution in [-0.4, -0.2) is 50.6 Å². The van der Waals surface area contributed by atoms with E-state index in [2.05, 4.69) is 4.72 Å². The van der Waals surface area contributed by atoms with Crippen LogP contribution in [0.15, 0.2) is 35.2 Å². The van der Waals surface area contributed by atoms with Gasteiger partial charge in [0.15, 0.2) is 0 Å². The van der Waals surface area contributed by atoms with Crippen molar-refractivity contribution in [3.8, 4) is 0 Å². The van der Waals surface area contributed by atoms with Crippen LogP contribution >= 0.6 is 0 Å². The Labute approximate surface area is 119 Å². The van der Waals surface area contributed by atoms with Crippen molar-refractivity contribution >= 4 is 15.9 Å². The van der Waals surface area contributed by atoms with Gasteiger partial charge < -0.3 is 10.0 Å². The first kappa shape index (κ1) is 16.6. The molecule has 0 spiro atoms. The second-order valence-electron chi connectivity index (χ2n) is 4.59. The molecule has 7 heteroatoms. The Kier molecular flexibility index (Phi) is 6.12. The van der Waals surface area contributed by atoms with Gasteiger partial charge in [0.25, 0.3) is 0 Å². The lowest BCUT2D eigenvalue weighted by Crippen LogP contribution is -2.39. The molecule has 0 aliphatic carbocycles. The van der Waals surface area contributed by atoms with E-state index in [1.54, 1.807) is 32.2 Å². The van der Waals surface area contributed by atoms with Crippen molar-refractivity contribution in [2.45, 2.75) is 24.3 Å². The summed E-state index contributed by atoms with van der Waals surface area (Å²) in [6.45, 7) is 1.72. The number of benzene rings is 1. The zero-order valence-corrected chi connectivity index (χ0v) is 12.4. The van der Waals surface area contributed by atoms with Crippen molar-refractivity contribution < 1.29 is 18.3 Å². The summed E-state index contributed by atoms with van der Waals surface area (Å²) in [5.74, 6) is -0.342. The second-order valence-corrected chi connectivity index (χ2v) is 6.36. The quantitative estimate of drug-likeness (QED) is 0.753. The summed E-state index contributed by atoms with van der Waals surface area (Å²) < 4.78 is 26.1. The SMILES string of the molecule is CC(O)CCN(C)C(=O)CNS(=O)(=O)c1ccccc1. The smallest absolute Gasteiger partial charge is 0.241 e. The summed E-state index contributed by atoms with van der Waals surface area (Å²) in [4.78, 5) is 13.3. The first-order chi connectivity index (χ1) is 9.33. The van der Waals surface area contributed by atoms with E-state index in [9.17, 15) is 13.2 Å². The van der Waals surface area contributed by atoms with Crippen LogP contribution in [0.3, 0.4) is 0 Å². The summed E-state index contributed by atoms with van der Waals surface area (Å²) in [6, 6.07) is 7.87. The molecule has 1 unspecified atom stereocenters. The van der Waals surface area contributed by atoms with Gasteiger partial charge in [0, 0.05) is 13.6 Å². The summed E-state index contributed by atoms with van der Waals surface area (Å²) in [7, 11) is -2.10. The molecule has 0 saturated heterocycles. The molecule has 0 bridgehead atoms. The van der Waals surface area contributed by atoms with Crippen LogP contribution in [0.1, 0.15) is 13.3 Å². The van der Waals surface area contributed by atoms with Gasteiger partial charge in [-0.15, -0.1) is 0 Å². The van der Waals surface area contributed by atoms with E-state index in [0.717, 1.165) is 0 Å². The van der Waals surface area contributed by atoms with Crippen LogP contribution in [0.25, 0.3) is 0 Å². The maximum Gasteiger partial charge on any atom is 0.241 e. The predicted molar refractivity (Wildman–Crippen MR) is 75.6 cm³/mol. The van der Waals surface area contributed by atoms with Crippen molar-refractivity contribution in [1.29, 1.82) is 0 Å². The van der Waals surface area contributed by atoms with Gasteiger partial charge in [-0.2, -0.15) is 0 Å². The van der Waals surface area contributed by atoms with Gasteiger partial charge in [0.1, 0.15) is 0 Å². The molecule has 20 heavy (non-hydrogen) atoms. The maximum atomic E-state index is 11.9. The first-order valence-electron chi connectivity index (χ1n) is 6.29. The standard InChI is InChI=1S/C13H20N2O4S/c1-11(16)8-9-15(2)13(17)10-14-20(18,19)12-6-4-3-5-7-12/h3-7,11,14,16H,8-10H2,1-2H3. The van der Waals surface area contributed by atoms with E-state index in [1.807, 2.05) is 0 Å². The number of aliphatic hydroxyl groups excluding tert-OH is 1. The molecule has 1 amide bonds. The fraction of sp³-hybridized carbons (Fsp3) is 0.462. The lowest BCUT2D eigenvalue weighted by Gasteiger charge is -2.18. The molecule has 1 aromatic rings. The van der Waals surface area contributed by atoms with Gasteiger partial charge in [-0.3, -0.25) is 4.79 Å². The number of hydrogen-bond acceptors (Lipinski definition) is 4. The second kappa shape index (κ2) is 7.37. The molecule has 0 aliphatic heterocycles. The Hall–Kier alpha value is -1.44. The molecule has 0 aromatic heterocycles. The highest BCUT2D eigenvalue weighted by molar-refractivity contribution is 7.89. The molecule has 112 valence electrons. The number of nitrogens with one attached hydrogen (secondary N) is 1. The zero-order valence-electron chi connectivity index (χ0n) is 11.6. The van der Waals surface area contributed by atoms with E-state index < -0.39 is 16.1 Å². The molecule has 2 N–H and O–H groups in total. The van der Waals surface area contributed by atoms with Crippen LogP contribution < -0.4 is 4.72 Å². The molecule has 0 fully saturated rings. The average Bonchev–Trinajstić information content (AvgIpc) is 2.43. The summed E-state index contributed by atoms with van der Waals surface area (Å²) in [6.07, 6.45) is -0.0421. The number of carbonyl (C=O) groups is 1. The Morgan fingerprint density at radius 3 is 2.50 bits per heavy atom. The Balaban J connectivity index is 2.52. The molecule has 0 saturated carbocycles. The average molecular weight is 300 g/mol. The van der Waals surface area contributed by atoms with Gasteiger partial charge >= 0.3 is 0 Å². The molecule has 6 nitrogen and oxygen atoms in total. The van der Waals surface area contributed by atoms with Gasteiger partial charge in [-0.1, -0.05) is 18.2 Å². The zero-order chi connectivity index (χ0) is 15.2. The van der Waals surface area contributed by atoms with E-state index in [0.29, 0.717) is 13.0 Å². The van der Waals surface area contributed by atoms with Gasteiger partial charge in [0.2, 0.25) is 15.9 Å². The van der Waals surface area contributed by atoms with Crippen LogP contribution in [0.2, 0.25) is 0 Å². The van der Waals surface area contributed by atoms with E-state index in [-0.39, 0.29) is 17.3 Å². The number of aliphatic hydroxyl groups is 1. The largest absolute Gasteiger partial charge is 0.393 e. The normalized spacial score (nSPS) is 12.9. The number of likely N-dealkylation sites (N-methyl/N-ethyl adjacent to an activating group) is 1. The third-order valence-electron chi connectivity index (χ3n) is 2.77. The first-order valence-corrected chi connectivity index (χ1v) is 7.78. The van der Waals surface area contributed by atoms with Gasteiger partial charge in [-0.05, 0) is 25.5 Å². The topological polar surface area (TPSA) is 86.7 Å². The molecular formula is C13H20N2O4S. The predicted octanol–water partition coefficient (Wildman–Crippen LogP) is 0.194. The Bertz CT molecular complexity index is 529. The van der Waals surface area contributed by atoms with E-state index in [1.165, 1.54) is 17.0 Å². The number of nitrogens with zero attached hydrogens (tertiary/aromatic N) is 1. The molecule has 0 aliphatic rings. The lowest BCUT2D eigenvalue weighted by atomic mass is 10.3. The molecular weight excluding hydrogens is 280 g/mol. The number of amides is 1. The molecule has 0 radical (unpaired) electrons. The van der Waals surface area contributed by atoms with Crippen molar-refractivity contribution in [3.63, 3.8) is 0 Å². The third-order valence-corrected chi connectivity index (χ3v) is 4.19. The highest BCUT2D eigenvalue weighted by atomic mass is 32.2. The third kappa shape index (κ3) is 5.28. The van der Waals surface area contributed by atoms with Crippen molar-refractivity contribution in [2.75, 3.05) is 20.1 Å². The molecule has 1 rings (SSSR count). The Morgan fingerprint density at radius 1 is 1.35 bits per heavy atom. The lowest BCUT2D eigenvalue weighted by molar-refractivity contribution is -0.128. The highest BCUT2D eigenvalue weighted by Crippen LogP contribution is 2.06. The monoisotopic (exact) mass is 300 g/mol. The molecule has 1 aromatic carbocycles. The van der Waals surface area contributed by atoms with Crippen molar-refractivity contribution in [1.82, 2.24) is 9.62 Å². The van der Waals surface area contributed by atoms with Crippen LogP contribution in [0.5, 0.6) is 0 Å². The number of sulfonamides is 1. The van der Waals surface area contributed by atoms with Gasteiger partial charge in [0.05, 0.1) is 17.5 Å². The van der Waals surface area contributed by atoms with Crippen molar-refractivity contribution in [3.05, 3.63) is 30.3 Å². The van der Waals surface area contributed by atoms with Crippen LogP contribution in [-0.2, 0) is 14.8 Å². The van der Waals surface area contributed by atoms with E-state index >= 15 is 0 Å². The van der Waals surface area contributed by atoms with Crippen LogP contribution in [0, 0.1) is 0 Å². The van der Waals surface area contributed by atoms with Gasteiger partial charge in [-0.25, -0.2) is 13.1 Å². The number of carbonyl (C=O) groups excluding carboxylic acids is 1. The van der Waals surface area contributed by atoms with Crippen LogP contribution in [0.4, 0.5) is 0 Å². The van der Waals surface area contributed by atoms with E-state index in [4.69, 9.17) is 5.11 Å². The summed E-state index contributed by atoms with van der Waals surface area (Å²) in [5, 5.41) is 9.14. The minimum absolute atomic E-state index is 0.124. The fourth-order valence-corrected chi connectivity index (χ4v) is 2.48. The number of rotatable bonds is 7. The van der Waals surface area contributed by atoms with Crippen molar-refractivity contribution in [2.24, 2.45) is 0 Å². The summed E-state index contributed by atoms with van der Waals surface area (Å²) in [5.41, 5.74) is 0. The summed E-state index contributed by atoms with van der Waals surface area (Å²) >= 11 is 0. The molecule has 0 heterocycles. The fourth-order valence-electron chi connectivity index (χ4n) is 1.48. The minimum atomic E-state index is -3.67.